The van der Waals surface area contributed by atoms with Gasteiger partial charge in [0.25, 0.3) is 0 Å². The Balaban J connectivity index is 0.631. The van der Waals surface area contributed by atoms with Gasteiger partial charge in [-0.3, -0.25) is 9.59 Å². The van der Waals surface area contributed by atoms with Gasteiger partial charge in [0, 0.05) is 112 Å². The molecule has 2 bridgehead atoms. The van der Waals surface area contributed by atoms with Crippen LogP contribution in [0.3, 0.4) is 0 Å². The Hall–Kier alpha value is -6.83. The van der Waals surface area contributed by atoms with E-state index in [4.69, 9.17) is 15.0 Å². The second kappa shape index (κ2) is 20.2. The number of fused-ring (bicyclic) bond motifs is 2. The number of hydrogen-bond acceptors (Lipinski definition) is 17. The van der Waals surface area contributed by atoms with Crippen molar-refractivity contribution in [3.8, 4) is 33.3 Å². The van der Waals surface area contributed by atoms with Crippen molar-refractivity contribution >= 4 is 46.2 Å². The van der Waals surface area contributed by atoms with E-state index in [-0.39, 0.29) is 42.5 Å². The van der Waals surface area contributed by atoms with Gasteiger partial charge in [0.1, 0.15) is 17.7 Å². The number of carbonyl (C=O) groups excluding carboxylic acids is 2. The number of nitrogens with two attached hydrogens (primary N) is 1. The summed E-state index contributed by atoms with van der Waals surface area (Å²) in [5.41, 5.74) is 14.4. The highest BCUT2D eigenvalue weighted by molar-refractivity contribution is 7.13. The quantitative estimate of drug-likeness (QED) is 0.0858. The molecule has 5 aliphatic heterocycles. The lowest BCUT2D eigenvalue weighted by atomic mass is 9.91. The van der Waals surface area contributed by atoms with E-state index in [1.807, 2.05) is 87.9 Å². The molecule has 4 aromatic heterocycles. The van der Waals surface area contributed by atoms with Gasteiger partial charge in [-0.1, -0.05) is 55.4 Å². The van der Waals surface area contributed by atoms with E-state index in [1.165, 1.54) is 4.90 Å². The zero-order valence-electron chi connectivity index (χ0n) is 41.7. The van der Waals surface area contributed by atoms with Crippen molar-refractivity contribution in [2.45, 2.75) is 83.1 Å². The largest absolute Gasteiger partial charge is 0.507 e. The Morgan fingerprint density at radius 2 is 1.67 bits per heavy atom. The highest BCUT2D eigenvalue weighted by Crippen LogP contribution is 2.40. The van der Waals surface area contributed by atoms with Crippen LogP contribution < -0.4 is 30.5 Å². The fourth-order valence-electron chi connectivity index (χ4n) is 11.7. The number of rotatable bonds is 16. The third kappa shape index (κ3) is 9.89. The smallest absolute Gasteiger partial charge is 0.243 e. The average molecular weight is 1010 g/mol. The number of aryl methyl sites for hydroxylation is 1. The first kappa shape index (κ1) is 48.4. The lowest BCUT2D eigenvalue weighted by molar-refractivity contribution is -0.141. The van der Waals surface area contributed by atoms with Gasteiger partial charge in [-0.2, -0.15) is 0 Å². The van der Waals surface area contributed by atoms with Crippen LogP contribution in [-0.4, -0.2) is 140 Å². The molecule has 73 heavy (non-hydrogen) atoms. The van der Waals surface area contributed by atoms with Gasteiger partial charge in [0.2, 0.25) is 17.7 Å². The number of nitrogen functional groups attached to an aromatic ring is 1. The number of hydrogen-bond donors (Lipinski definition) is 4. The van der Waals surface area contributed by atoms with Crippen molar-refractivity contribution in [1.29, 1.82) is 0 Å². The number of para-hydroxylation sites is 1. The van der Waals surface area contributed by atoms with Gasteiger partial charge in [-0.25, -0.2) is 9.97 Å². The monoisotopic (exact) mass is 1010 g/mol. The number of carbonyl (C=O) groups is 2. The number of benzene rings is 2. The fraction of sp³-hybridized carbons (Fsp3) is 0.463. The molecule has 0 aliphatic carbocycles. The Bertz CT molecular complexity index is 2920. The summed E-state index contributed by atoms with van der Waals surface area (Å²) >= 11 is 1.60. The van der Waals surface area contributed by atoms with Crippen LogP contribution in [0.1, 0.15) is 69.0 Å². The third-order valence-corrected chi connectivity index (χ3v) is 16.5. The molecule has 5 saturated heterocycles. The van der Waals surface area contributed by atoms with Crippen LogP contribution in [0.2, 0.25) is 0 Å². The maximum absolute atomic E-state index is 14.3. The Kier molecular flexibility index (Phi) is 13.4. The number of nitrogens with one attached hydrogen (secondary N) is 1. The SMILES string of the molecule is Cc1ncsc1-c1ccc([C@H](C)NC(=O)[C@@H]2C[C@@H](O)CN2C(=O)[C@H](c2cc(N3CC(CN4CC(COc5cc(N6C7CCC6CN(c6cc(-c8ccccc8O)nnc6N)C7)ccn5)C4)C3)no2)C(C)C)cc1. The Morgan fingerprint density at radius 3 is 2.40 bits per heavy atom. The van der Waals surface area contributed by atoms with Gasteiger partial charge in [-0.05, 0) is 68.0 Å². The molecule has 6 atom stereocenters. The summed E-state index contributed by atoms with van der Waals surface area (Å²) in [6.07, 6.45) is 3.35. The molecule has 5 N–H and O–H groups in total. The van der Waals surface area contributed by atoms with Crippen LogP contribution in [0.4, 0.5) is 23.0 Å². The van der Waals surface area contributed by atoms with E-state index in [2.05, 4.69) is 62.4 Å². The first-order valence-electron chi connectivity index (χ1n) is 25.6. The zero-order valence-corrected chi connectivity index (χ0v) is 42.6. The number of β-amino-alcohol motifs (C(OH)–C–C–N with tert-alkyl or cyclic N) is 1. The lowest BCUT2D eigenvalue weighted by Crippen LogP contribution is -2.57. The van der Waals surface area contributed by atoms with Crippen LogP contribution in [0.15, 0.2) is 89.0 Å². The van der Waals surface area contributed by atoms with Crippen LogP contribution in [-0.2, 0) is 9.59 Å². The summed E-state index contributed by atoms with van der Waals surface area (Å²) in [5, 5.41) is 37.3. The average Bonchev–Trinajstić information content (AvgIpc) is 4.16. The van der Waals surface area contributed by atoms with E-state index in [1.54, 1.807) is 23.5 Å². The zero-order chi connectivity index (χ0) is 50.5. The number of aliphatic hydroxyl groups excluding tert-OH is 1. The van der Waals surface area contributed by atoms with E-state index >= 15 is 0 Å². The number of amides is 2. The maximum atomic E-state index is 14.3. The molecule has 2 amide bonds. The van der Waals surface area contributed by atoms with Crippen LogP contribution in [0.5, 0.6) is 11.6 Å². The van der Waals surface area contributed by atoms with E-state index in [9.17, 15) is 19.8 Å². The fourth-order valence-corrected chi connectivity index (χ4v) is 12.5. The lowest BCUT2D eigenvalue weighted by Gasteiger charge is -2.46. The maximum Gasteiger partial charge on any atom is 0.243 e. The molecule has 382 valence electrons. The number of phenolic OH excluding ortho intramolecular Hbond substituents is 1. The van der Waals surface area contributed by atoms with Crippen molar-refractivity contribution in [1.82, 2.24) is 40.4 Å². The first-order chi connectivity index (χ1) is 35.3. The van der Waals surface area contributed by atoms with Crippen molar-refractivity contribution in [3.63, 3.8) is 0 Å². The number of aromatic nitrogens is 5. The van der Waals surface area contributed by atoms with Crippen molar-refractivity contribution < 1.29 is 29.1 Å². The van der Waals surface area contributed by atoms with E-state index in [0.29, 0.717) is 65.1 Å². The minimum Gasteiger partial charge on any atom is -0.507 e. The molecule has 5 aliphatic rings. The van der Waals surface area contributed by atoms with Gasteiger partial charge >= 0.3 is 0 Å². The molecule has 0 radical (unpaired) electrons. The van der Waals surface area contributed by atoms with Crippen LogP contribution in [0, 0.1) is 24.7 Å². The van der Waals surface area contributed by atoms with Crippen molar-refractivity contribution in [2.24, 2.45) is 17.8 Å². The Labute approximate surface area is 429 Å². The first-order valence-corrected chi connectivity index (χ1v) is 26.5. The topological polar surface area (TPSA) is 216 Å². The molecule has 19 heteroatoms. The molecule has 9 heterocycles. The predicted octanol–water partition coefficient (Wildman–Crippen LogP) is 6.13. The molecular weight excluding hydrogens is 945 g/mol. The number of ether oxygens (including phenoxy) is 1. The summed E-state index contributed by atoms with van der Waals surface area (Å²) in [6.45, 7) is 14.7. The summed E-state index contributed by atoms with van der Waals surface area (Å²) < 4.78 is 12.2. The van der Waals surface area contributed by atoms with Gasteiger partial charge in [0.15, 0.2) is 17.4 Å². The molecule has 6 aromatic rings. The second-order valence-electron chi connectivity index (χ2n) is 21.1. The highest BCUT2D eigenvalue weighted by atomic mass is 32.1. The standard InChI is InChI=1S/C54H64N12O6S/c1-31(2)50(54(70)65-28-41(67)18-45(65)53(69)58-32(3)36-9-11-37(12-10-36)51-33(4)57-30-73-51)47-20-48(61-72-47)64-24-34(25-64)21-62-22-35(23-62)29-71-49-17-38(15-16-56-49)66-39-13-14-40(66)27-63(26-39)44-19-43(59-60-52(44)55)42-7-5-6-8-46(42)68/h5-12,15-17,19-20,30-32,34-35,39-41,45,50,67-68H,13-14,18,21-29H2,1-4H3,(H2,55,60)(H,58,69)/t32-,39?,40?,41+,45-,50-/m0/s1. The van der Waals surface area contributed by atoms with Crippen molar-refractivity contribution in [2.75, 3.05) is 79.4 Å². The molecule has 0 saturated carbocycles. The number of piperazine rings is 1. The number of anilines is 4. The minimum absolute atomic E-state index is 0.0778. The molecule has 0 spiro atoms. The van der Waals surface area contributed by atoms with Gasteiger partial charge < -0.3 is 55.0 Å². The second-order valence-corrected chi connectivity index (χ2v) is 21.9. The normalized spacial score (nSPS) is 22.1. The molecule has 2 aromatic carbocycles. The summed E-state index contributed by atoms with van der Waals surface area (Å²) in [6, 6.07) is 22.7. The van der Waals surface area contributed by atoms with E-state index < -0.39 is 18.1 Å². The number of pyridine rings is 1. The van der Waals surface area contributed by atoms with Crippen LogP contribution in [0.25, 0.3) is 21.7 Å². The number of aromatic hydroxyl groups is 1. The Morgan fingerprint density at radius 1 is 0.904 bits per heavy atom. The van der Waals surface area contributed by atoms with Gasteiger partial charge in [-0.15, -0.1) is 21.5 Å². The predicted molar refractivity (Wildman–Crippen MR) is 279 cm³/mol. The van der Waals surface area contributed by atoms with E-state index in [0.717, 1.165) is 91.7 Å². The number of thiazole rings is 1. The number of aliphatic hydroxyl groups is 1. The molecule has 18 nitrogen and oxygen atoms in total. The number of likely N-dealkylation sites (tertiary alicyclic amines) is 2. The number of nitrogens with zero attached hydrogens (tertiary/aromatic N) is 10. The highest BCUT2D eigenvalue weighted by Gasteiger charge is 2.45. The molecule has 2 unspecified atom stereocenters. The van der Waals surface area contributed by atoms with Crippen molar-refractivity contribution in [3.05, 3.63) is 102 Å². The molecular formula is C54H64N12O6S. The number of phenols is 1. The summed E-state index contributed by atoms with van der Waals surface area (Å²) in [7, 11) is 0. The summed E-state index contributed by atoms with van der Waals surface area (Å²) in [4.78, 5) is 49.2. The van der Waals surface area contributed by atoms with Crippen LogP contribution >= 0.6 is 11.3 Å². The molecule has 11 rings (SSSR count). The third-order valence-electron chi connectivity index (χ3n) is 15.5. The summed E-state index contributed by atoms with van der Waals surface area (Å²) in [5.74, 6) is 1.94. The molecule has 5 fully saturated rings. The van der Waals surface area contributed by atoms with Gasteiger partial charge in [0.05, 0.1) is 46.2 Å². The minimum atomic E-state index is -0.807.